The van der Waals surface area contributed by atoms with E-state index in [-0.39, 0.29) is 24.3 Å². The first-order valence-corrected chi connectivity index (χ1v) is 10.1. The van der Waals surface area contributed by atoms with Crippen LogP contribution < -0.4 is 5.32 Å². The maximum Gasteiger partial charge on any atom is 0.416 e. The van der Waals surface area contributed by atoms with Crippen molar-refractivity contribution in [1.29, 1.82) is 0 Å². The summed E-state index contributed by atoms with van der Waals surface area (Å²) in [6.07, 6.45) is -0.774. The number of halogens is 3. The van der Waals surface area contributed by atoms with E-state index in [1.54, 1.807) is 6.07 Å². The zero-order chi connectivity index (χ0) is 20.9. The van der Waals surface area contributed by atoms with Crippen molar-refractivity contribution < 1.29 is 27.5 Å². The molecule has 1 N–H and O–H groups in total. The molecule has 0 bridgehead atoms. The summed E-state index contributed by atoms with van der Waals surface area (Å²) < 4.78 is 43.5. The monoisotopic (exact) mass is 412 g/mol. The van der Waals surface area contributed by atoms with E-state index in [2.05, 4.69) is 5.32 Å². The molecule has 2 aliphatic heterocycles. The normalized spacial score (nSPS) is 20.7. The fraction of sp³-hybridized carbons (Fsp3) is 0.619. The molecule has 2 fully saturated rings. The summed E-state index contributed by atoms with van der Waals surface area (Å²) in [5.41, 5.74) is -0.286. The molecule has 0 unspecified atom stereocenters. The van der Waals surface area contributed by atoms with E-state index in [0.29, 0.717) is 44.2 Å². The number of likely N-dealkylation sites (tertiary alicyclic amines) is 1. The van der Waals surface area contributed by atoms with Gasteiger partial charge in [0.15, 0.2) is 0 Å². The van der Waals surface area contributed by atoms with Gasteiger partial charge in [-0.25, -0.2) is 0 Å². The number of nitrogens with zero attached hydrogens (tertiary/aromatic N) is 1. The van der Waals surface area contributed by atoms with Crippen LogP contribution in [0.25, 0.3) is 0 Å². The zero-order valence-corrected chi connectivity index (χ0v) is 16.3. The van der Waals surface area contributed by atoms with Crippen molar-refractivity contribution in [1.82, 2.24) is 10.2 Å². The third kappa shape index (κ3) is 6.19. The van der Waals surface area contributed by atoms with E-state index in [1.807, 2.05) is 4.90 Å². The molecule has 0 aliphatic carbocycles. The van der Waals surface area contributed by atoms with Crippen LogP contribution in [0.2, 0.25) is 0 Å². The van der Waals surface area contributed by atoms with Gasteiger partial charge in [-0.15, -0.1) is 0 Å². The van der Waals surface area contributed by atoms with E-state index in [1.165, 1.54) is 6.07 Å². The van der Waals surface area contributed by atoms with Crippen molar-refractivity contribution in [2.24, 2.45) is 11.8 Å². The summed E-state index contributed by atoms with van der Waals surface area (Å²) in [7, 11) is 0. The number of ether oxygens (including phenoxy) is 1. The molecule has 2 heterocycles. The number of amides is 2. The topological polar surface area (TPSA) is 58.6 Å². The van der Waals surface area contributed by atoms with Crippen LogP contribution in [-0.2, 0) is 27.0 Å². The molecule has 160 valence electrons. The molecule has 1 atom stereocenters. The van der Waals surface area contributed by atoms with Gasteiger partial charge in [0.1, 0.15) is 0 Å². The number of carbonyl (C=O) groups excluding carboxylic acids is 2. The summed E-state index contributed by atoms with van der Waals surface area (Å²) in [5.74, 6) is 0.398. The summed E-state index contributed by atoms with van der Waals surface area (Å²) in [4.78, 5) is 26.4. The Labute approximate surface area is 168 Å². The minimum absolute atomic E-state index is 0.00632. The van der Waals surface area contributed by atoms with Crippen LogP contribution in [0.4, 0.5) is 13.2 Å². The molecule has 0 radical (unpaired) electrons. The molecule has 2 amide bonds. The minimum Gasteiger partial charge on any atom is -0.381 e. The molecule has 0 spiro atoms. The van der Waals surface area contributed by atoms with Gasteiger partial charge in [0.05, 0.1) is 18.1 Å². The van der Waals surface area contributed by atoms with Gasteiger partial charge in [-0.2, -0.15) is 13.2 Å². The first-order chi connectivity index (χ1) is 13.8. The number of alkyl halides is 3. The number of carbonyl (C=O) groups is 2. The van der Waals surface area contributed by atoms with Gasteiger partial charge in [-0.05, 0) is 49.3 Å². The van der Waals surface area contributed by atoms with Gasteiger partial charge in [-0.1, -0.05) is 12.1 Å². The molecule has 29 heavy (non-hydrogen) atoms. The summed E-state index contributed by atoms with van der Waals surface area (Å²) in [6.45, 7) is 2.68. The number of hydrogen-bond donors (Lipinski definition) is 1. The van der Waals surface area contributed by atoms with Crippen LogP contribution in [-0.4, -0.2) is 43.0 Å². The smallest absolute Gasteiger partial charge is 0.381 e. The third-order valence-electron chi connectivity index (χ3n) is 5.73. The Morgan fingerprint density at radius 1 is 1.17 bits per heavy atom. The average Bonchev–Trinajstić information content (AvgIpc) is 3.25. The maximum atomic E-state index is 12.7. The highest BCUT2D eigenvalue weighted by Gasteiger charge is 2.31. The Balaban J connectivity index is 1.36. The van der Waals surface area contributed by atoms with Gasteiger partial charge in [0.2, 0.25) is 11.8 Å². The fourth-order valence-electron chi connectivity index (χ4n) is 3.91. The quantitative estimate of drug-likeness (QED) is 0.779. The van der Waals surface area contributed by atoms with Crippen LogP contribution in [0, 0.1) is 11.8 Å². The van der Waals surface area contributed by atoms with Crippen molar-refractivity contribution in [3.63, 3.8) is 0 Å². The predicted octanol–water partition coefficient (Wildman–Crippen LogP) is 3.38. The third-order valence-corrected chi connectivity index (χ3v) is 5.73. The van der Waals surface area contributed by atoms with Gasteiger partial charge in [0, 0.05) is 32.7 Å². The molecule has 3 rings (SSSR count). The van der Waals surface area contributed by atoms with E-state index in [4.69, 9.17) is 4.74 Å². The van der Waals surface area contributed by atoms with Gasteiger partial charge < -0.3 is 15.0 Å². The van der Waals surface area contributed by atoms with E-state index in [9.17, 15) is 22.8 Å². The largest absolute Gasteiger partial charge is 0.416 e. The van der Waals surface area contributed by atoms with Crippen molar-refractivity contribution in [3.05, 3.63) is 35.4 Å². The van der Waals surface area contributed by atoms with Gasteiger partial charge in [0.25, 0.3) is 0 Å². The van der Waals surface area contributed by atoms with Crippen molar-refractivity contribution in [2.75, 3.05) is 26.3 Å². The van der Waals surface area contributed by atoms with Crippen LogP contribution in [0.1, 0.15) is 43.2 Å². The Morgan fingerprint density at radius 2 is 1.93 bits per heavy atom. The molecule has 0 aromatic heterocycles. The Bertz CT molecular complexity index is 709. The second-order valence-electron chi connectivity index (χ2n) is 7.84. The van der Waals surface area contributed by atoms with Crippen LogP contribution in [0.5, 0.6) is 0 Å². The van der Waals surface area contributed by atoms with Crippen LogP contribution >= 0.6 is 0 Å². The Kier molecular flexibility index (Phi) is 7.16. The van der Waals surface area contributed by atoms with E-state index < -0.39 is 11.7 Å². The zero-order valence-electron chi connectivity index (χ0n) is 16.3. The highest BCUT2D eigenvalue weighted by Crippen LogP contribution is 2.29. The highest BCUT2D eigenvalue weighted by atomic mass is 19.4. The molecule has 2 saturated heterocycles. The van der Waals surface area contributed by atoms with Crippen molar-refractivity contribution >= 4 is 11.8 Å². The first-order valence-electron chi connectivity index (χ1n) is 10.1. The second kappa shape index (κ2) is 9.61. The lowest BCUT2D eigenvalue weighted by atomic mass is 9.91. The predicted molar refractivity (Wildman–Crippen MR) is 101 cm³/mol. The molecular weight excluding hydrogens is 385 g/mol. The SMILES string of the molecule is O=C(CCC1CCN(C(=O)[C@@H]2CCOC2)CC1)NCc1cccc(C(F)(F)F)c1. The van der Waals surface area contributed by atoms with Crippen LogP contribution in [0.15, 0.2) is 24.3 Å². The molecular formula is C21H27F3N2O3. The highest BCUT2D eigenvalue weighted by molar-refractivity contribution is 5.79. The van der Waals surface area contributed by atoms with Crippen LogP contribution in [0.3, 0.4) is 0 Å². The molecule has 8 heteroatoms. The lowest BCUT2D eigenvalue weighted by Gasteiger charge is -2.33. The molecule has 2 aliphatic rings. The molecule has 5 nitrogen and oxygen atoms in total. The van der Waals surface area contributed by atoms with E-state index in [0.717, 1.165) is 37.8 Å². The Morgan fingerprint density at radius 3 is 2.59 bits per heavy atom. The molecule has 0 saturated carbocycles. The number of hydrogen-bond acceptors (Lipinski definition) is 3. The number of nitrogens with one attached hydrogen (secondary N) is 1. The second-order valence-corrected chi connectivity index (χ2v) is 7.84. The standard InChI is InChI=1S/C21H27F3N2O3/c22-21(23,24)18-3-1-2-16(12-18)13-25-19(27)5-4-15-6-9-26(10-7-15)20(28)17-8-11-29-14-17/h1-3,12,15,17H,4-11,13-14H2,(H,25,27)/t17-/m1/s1. The van der Waals surface area contributed by atoms with Gasteiger partial charge in [-0.3, -0.25) is 9.59 Å². The minimum atomic E-state index is -4.39. The first kappa shape index (κ1) is 21.6. The Hall–Kier alpha value is -2.09. The lowest BCUT2D eigenvalue weighted by Crippen LogP contribution is -2.42. The maximum absolute atomic E-state index is 12.7. The van der Waals surface area contributed by atoms with E-state index >= 15 is 0 Å². The lowest BCUT2D eigenvalue weighted by molar-refractivity contribution is -0.138. The van der Waals surface area contributed by atoms with Gasteiger partial charge >= 0.3 is 6.18 Å². The summed E-state index contributed by atoms with van der Waals surface area (Å²) in [5, 5.41) is 2.70. The number of piperidine rings is 1. The summed E-state index contributed by atoms with van der Waals surface area (Å²) in [6, 6.07) is 4.99. The van der Waals surface area contributed by atoms with Crippen molar-refractivity contribution in [2.45, 2.75) is 44.8 Å². The molecule has 1 aromatic rings. The average molecular weight is 412 g/mol. The summed E-state index contributed by atoms with van der Waals surface area (Å²) >= 11 is 0. The molecule has 1 aromatic carbocycles. The number of rotatable bonds is 6. The van der Waals surface area contributed by atoms with Crippen molar-refractivity contribution in [3.8, 4) is 0 Å². The fourth-order valence-corrected chi connectivity index (χ4v) is 3.91. The number of benzene rings is 1.